The second-order valence-corrected chi connectivity index (χ2v) is 7.45. The van der Waals surface area contributed by atoms with Crippen LogP contribution < -0.4 is 10.5 Å². The molecule has 1 fully saturated rings. The zero-order valence-corrected chi connectivity index (χ0v) is 16.6. The molecule has 3 aromatic rings. The fraction of sp³-hybridized carbons (Fsp3) is 0.318. The zero-order valence-electron chi connectivity index (χ0n) is 16.6. The maximum atomic E-state index is 13.0. The third-order valence-corrected chi connectivity index (χ3v) is 5.37. The number of carbonyl (C=O) groups is 1. The van der Waals surface area contributed by atoms with Gasteiger partial charge < -0.3 is 4.90 Å². The standard InChI is InChI=1S/C22H23N5O2/c1-15-5-7-16(8-6-15)21(29)17-4-3-11-27(13-17)22-25-19(12-20(28)26(22)2)18-9-10-23-14-24-18/h5-10,12,14,17H,3-4,11,13H2,1-2H3. The fourth-order valence-corrected chi connectivity index (χ4v) is 3.71. The summed E-state index contributed by atoms with van der Waals surface area (Å²) in [4.78, 5) is 40.4. The molecule has 0 aliphatic carbocycles. The van der Waals surface area contributed by atoms with E-state index < -0.39 is 0 Å². The quantitative estimate of drug-likeness (QED) is 0.638. The lowest BCUT2D eigenvalue weighted by Gasteiger charge is -2.33. The molecule has 1 aliphatic rings. The topological polar surface area (TPSA) is 81.0 Å². The Morgan fingerprint density at radius 2 is 1.93 bits per heavy atom. The summed E-state index contributed by atoms with van der Waals surface area (Å²) in [6.07, 6.45) is 4.77. The summed E-state index contributed by atoms with van der Waals surface area (Å²) in [5.41, 5.74) is 2.82. The zero-order chi connectivity index (χ0) is 20.4. The van der Waals surface area contributed by atoms with Crippen molar-refractivity contribution in [2.45, 2.75) is 19.8 Å². The first-order valence-corrected chi connectivity index (χ1v) is 9.73. The SMILES string of the molecule is Cc1ccc(C(=O)C2CCCN(c3nc(-c4ccncn4)cc(=O)n3C)C2)cc1. The van der Waals surface area contributed by atoms with Gasteiger partial charge >= 0.3 is 0 Å². The van der Waals surface area contributed by atoms with Crippen molar-refractivity contribution in [3.8, 4) is 11.4 Å². The second-order valence-electron chi connectivity index (χ2n) is 7.45. The van der Waals surface area contributed by atoms with Gasteiger partial charge in [-0.3, -0.25) is 14.2 Å². The smallest absolute Gasteiger partial charge is 0.255 e. The molecule has 1 unspecified atom stereocenters. The van der Waals surface area contributed by atoms with Gasteiger partial charge in [0.1, 0.15) is 6.33 Å². The summed E-state index contributed by atoms with van der Waals surface area (Å²) in [5.74, 6) is 0.588. The molecule has 1 aliphatic heterocycles. The minimum atomic E-state index is -0.157. The number of aromatic nitrogens is 4. The molecule has 0 amide bonds. The predicted molar refractivity (Wildman–Crippen MR) is 111 cm³/mol. The van der Waals surface area contributed by atoms with Crippen LogP contribution in [0.4, 0.5) is 5.95 Å². The van der Waals surface area contributed by atoms with Crippen LogP contribution in [0.5, 0.6) is 0 Å². The highest BCUT2D eigenvalue weighted by molar-refractivity contribution is 5.98. The molecule has 7 nitrogen and oxygen atoms in total. The average Bonchev–Trinajstić information content (AvgIpc) is 2.76. The van der Waals surface area contributed by atoms with Crippen LogP contribution >= 0.6 is 0 Å². The number of anilines is 1. The van der Waals surface area contributed by atoms with Crippen LogP contribution in [0.1, 0.15) is 28.8 Å². The second kappa shape index (κ2) is 7.95. The normalized spacial score (nSPS) is 16.6. The van der Waals surface area contributed by atoms with Crippen molar-refractivity contribution in [1.29, 1.82) is 0 Å². The van der Waals surface area contributed by atoms with Crippen LogP contribution in [-0.2, 0) is 7.05 Å². The van der Waals surface area contributed by atoms with Crippen LogP contribution in [0, 0.1) is 12.8 Å². The summed E-state index contributed by atoms with van der Waals surface area (Å²) >= 11 is 0. The minimum absolute atomic E-state index is 0.119. The summed E-state index contributed by atoms with van der Waals surface area (Å²) in [6.45, 7) is 3.30. The average molecular weight is 389 g/mol. The van der Waals surface area contributed by atoms with Gasteiger partial charge in [0, 0.05) is 43.9 Å². The molecule has 1 atom stereocenters. The molecule has 0 N–H and O–H groups in total. The first-order chi connectivity index (χ1) is 14.0. The molecule has 0 radical (unpaired) electrons. The van der Waals surface area contributed by atoms with Crippen molar-refractivity contribution < 1.29 is 4.79 Å². The van der Waals surface area contributed by atoms with Crippen molar-refractivity contribution in [1.82, 2.24) is 19.5 Å². The summed E-state index contributed by atoms with van der Waals surface area (Å²) < 4.78 is 1.53. The van der Waals surface area contributed by atoms with Gasteiger partial charge in [-0.05, 0) is 25.8 Å². The first-order valence-electron chi connectivity index (χ1n) is 9.73. The Labute approximate surface area is 169 Å². The molecule has 4 rings (SSSR count). The first kappa shape index (κ1) is 19.0. The predicted octanol–water partition coefficient (Wildman–Crippen LogP) is 2.65. The van der Waals surface area contributed by atoms with E-state index in [0.717, 1.165) is 30.5 Å². The highest BCUT2D eigenvalue weighted by atomic mass is 16.1. The van der Waals surface area contributed by atoms with E-state index in [1.807, 2.05) is 36.1 Å². The van der Waals surface area contributed by atoms with E-state index in [1.54, 1.807) is 19.3 Å². The monoisotopic (exact) mass is 389 g/mol. The molecule has 29 heavy (non-hydrogen) atoms. The van der Waals surface area contributed by atoms with Gasteiger partial charge in [-0.15, -0.1) is 0 Å². The summed E-state index contributed by atoms with van der Waals surface area (Å²) in [5, 5.41) is 0. The van der Waals surface area contributed by atoms with Crippen LogP contribution in [0.25, 0.3) is 11.4 Å². The molecule has 1 saturated heterocycles. The van der Waals surface area contributed by atoms with Gasteiger partial charge in [0.05, 0.1) is 11.4 Å². The number of ketones is 1. The summed E-state index contributed by atoms with van der Waals surface area (Å²) in [7, 11) is 1.71. The van der Waals surface area contributed by atoms with E-state index in [-0.39, 0.29) is 17.3 Å². The summed E-state index contributed by atoms with van der Waals surface area (Å²) in [6, 6.07) is 10.9. The molecule has 0 spiro atoms. The fourth-order valence-electron chi connectivity index (χ4n) is 3.71. The van der Waals surface area contributed by atoms with Gasteiger partial charge in [0.15, 0.2) is 5.78 Å². The van der Waals surface area contributed by atoms with E-state index in [1.165, 1.54) is 17.0 Å². The molecular formula is C22H23N5O2. The number of hydrogen-bond donors (Lipinski definition) is 0. The van der Waals surface area contributed by atoms with Crippen LogP contribution in [0.15, 0.2) is 53.7 Å². The van der Waals surface area contributed by atoms with Crippen molar-refractivity contribution in [2.24, 2.45) is 13.0 Å². The number of benzene rings is 1. The Hall–Kier alpha value is -3.35. The van der Waals surface area contributed by atoms with Gasteiger partial charge in [0.2, 0.25) is 5.95 Å². The molecule has 148 valence electrons. The third-order valence-electron chi connectivity index (χ3n) is 5.37. The molecule has 2 aromatic heterocycles. The van der Waals surface area contributed by atoms with Crippen molar-refractivity contribution in [2.75, 3.05) is 18.0 Å². The number of hydrogen-bond acceptors (Lipinski definition) is 6. The van der Waals surface area contributed by atoms with Gasteiger partial charge in [-0.1, -0.05) is 29.8 Å². The number of aryl methyl sites for hydroxylation is 1. The molecule has 0 saturated carbocycles. The maximum absolute atomic E-state index is 13.0. The number of rotatable bonds is 4. The lowest BCUT2D eigenvalue weighted by Crippen LogP contribution is -2.41. The number of piperidine rings is 1. The number of carbonyl (C=O) groups excluding carboxylic acids is 1. The Balaban J connectivity index is 1.63. The van der Waals surface area contributed by atoms with Crippen molar-refractivity contribution >= 4 is 11.7 Å². The largest absolute Gasteiger partial charge is 0.341 e. The molecular weight excluding hydrogens is 366 g/mol. The lowest BCUT2D eigenvalue weighted by atomic mass is 9.90. The third kappa shape index (κ3) is 3.94. The Morgan fingerprint density at radius 3 is 2.66 bits per heavy atom. The lowest BCUT2D eigenvalue weighted by molar-refractivity contribution is 0.0906. The van der Waals surface area contributed by atoms with Gasteiger partial charge in [0.25, 0.3) is 5.56 Å². The number of Topliss-reactive ketones (excluding diaryl/α,β-unsaturated/α-hetero) is 1. The highest BCUT2D eigenvalue weighted by Crippen LogP contribution is 2.25. The number of nitrogens with zero attached hydrogens (tertiary/aromatic N) is 5. The van der Waals surface area contributed by atoms with Crippen LogP contribution in [0.3, 0.4) is 0 Å². The highest BCUT2D eigenvalue weighted by Gasteiger charge is 2.28. The van der Waals surface area contributed by atoms with E-state index in [0.29, 0.717) is 23.9 Å². The van der Waals surface area contributed by atoms with Crippen molar-refractivity contribution in [3.63, 3.8) is 0 Å². The van der Waals surface area contributed by atoms with E-state index >= 15 is 0 Å². The molecule has 3 heterocycles. The Bertz CT molecular complexity index is 1080. The van der Waals surface area contributed by atoms with Crippen LogP contribution in [-0.4, -0.2) is 38.4 Å². The minimum Gasteiger partial charge on any atom is -0.341 e. The van der Waals surface area contributed by atoms with Gasteiger partial charge in [-0.25, -0.2) is 15.0 Å². The Morgan fingerprint density at radius 1 is 1.14 bits per heavy atom. The van der Waals surface area contributed by atoms with Gasteiger partial charge in [-0.2, -0.15) is 0 Å². The van der Waals surface area contributed by atoms with E-state index in [2.05, 4.69) is 9.97 Å². The molecule has 0 bridgehead atoms. The Kier molecular flexibility index (Phi) is 5.20. The van der Waals surface area contributed by atoms with E-state index in [4.69, 9.17) is 4.98 Å². The molecule has 7 heteroatoms. The van der Waals surface area contributed by atoms with Crippen molar-refractivity contribution in [3.05, 3.63) is 70.4 Å². The maximum Gasteiger partial charge on any atom is 0.255 e. The van der Waals surface area contributed by atoms with E-state index in [9.17, 15) is 9.59 Å². The van der Waals surface area contributed by atoms with Crippen LogP contribution in [0.2, 0.25) is 0 Å². The molecule has 1 aromatic carbocycles.